The number of hydrogen-bond donors (Lipinski definition) is 0. The molecule has 14 heavy (non-hydrogen) atoms. The van der Waals surface area contributed by atoms with Gasteiger partial charge in [-0.25, -0.2) is 4.79 Å². The van der Waals surface area contributed by atoms with Crippen LogP contribution in [0.3, 0.4) is 0 Å². The summed E-state index contributed by atoms with van der Waals surface area (Å²) in [4.78, 5) is 11.3. The van der Waals surface area contributed by atoms with Crippen LogP contribution < -0.4 is 0 Å². The SMILES string of the molecule is CCCCOC(=O)c1ccccc1.[Cu]. The molecule has 0 atom stereocenters. The smallest absolute Gasteiger partial charge is 0.338 e. The molecule has 1 rings (SSSR count). The number of benzene rings is 1. The van der Waals surface area contributed by atoms with Crippen molar-refractivity contribution in [3.8, 4) is 0 Å². The standard InChI is InChI=1S/C11H14O2.Cu/c1-2-3-9-13-11(12)10-7-5-4-6-8-10;/h4-8H,2-3,9H2,1H3;. The van der Waals surface area contributed by atoms with Gasteiger partial charge in [-0.05, 0) is 18.6 Å². The second kappa shape index (κ2) is 7.60. The number of carbonyl (C=O) groups excluding carboxylic acids is 1. The molecule has 0 spiro atoms. The Kier molecular flexibility index (Phi) is 7.17. The van der Waals surface area contributed by atoms with E-state index in [-0.39, 0.29) is 23.0 Å². The van der Waals surface area contributed by atoms with Crippen molar-refractivity contribution in [3.63, 3.8) is 0 Å². The van der Waals surface area contributed by atoms with E-state index in [9.17, 15) is 4.79 Å². The molecule has 1 aromatic rings. The molecule has 0 saturated heterocycles. The minimum Gasteiger partial charge on any atom is -0.462 e. The van der Waals surface area contributed by atoms with Gasteiger partial charge in [0.05, 0.1) is 12.2 Å². The number of ether oxygens (including phenoxy) is 1. The Hall–Kier alpha value is -0.791. The molecule has 0 unspecified atom stereocenters. The second-order valence-corrected chi connectivity index (χ2v) is 2.86. The fraction of sp³-hybridized carbons (Fsp3) is 0.364. The Bertz CT molecular complexity index is 259. The minimum absolute atomic E-state index is 0. The van der Waals surface area contributed by atoms with Crippen molar-refractivity contribution in [1.82, 2.24) is 0 Å². The van der Waals surface area contributed by atoms with E-state index < -0.39 is 0 Å². The molecule has 0 aromatic heterocycles. The second-order valence-electron chi connectivity index (χ2n) is 2.86. The van der Waals surface area contributed by atoms with E-state index in [4.69, 9.17) is 4.74 Å². The molecule has 0 saturated carbocycles. The van der Waals surface area contributed by atoms with Gasteiger partial charge in [0, 0.05) is 17.1 Å². The number of carbonyl (C=O) groups is 1. The molecule has 1 radical (unpaired) electrons. The molecule has 0 amide bonds. The third-order valence-corrected chi connectivity index (χ3v) is 1.74. The van der Waals surface area contributed by atoms with E-state index in [2.05, 4.69) is 6.92 Å². The molecule has 81 valence electrons. The molecule has 2 nitrogen and oxygen atoms in total. The number of rotatable bonds is 4. The first-order chi connectivity index (χ1) is 6.34. The van der Waals surface area contributed by atoms with Crippen LogP contribution in [0.5, 0.6) is 0 Å². The van der Waals surface area contributed by atoms with Gasteiger partial charge in [0.2, 0.25) is 0 Å². The molecular weight excluding hydrogens is 228 g/mol. The van der Waals surface area contributed by atoms with Crippen LogP contribution in [0.15, 0.2) is 30.3 Å². The van der Waals surface area contributed by atoms with Crippen molar-refractivity contribution in [2.45, 2.75) is 19.8 Å². The normalized spacial score (nSPS) is 8.93. The summed E-state index contributed by atoms with van der Waals surface area (Å²) in [6.07, 6.45) is 1.97. The van der Waals surface area contributed by atoms with Crippen LogP contribution in [0.25, 0.3) is 0 Å². The third-order valence-electron chi connectivity index (χ3n) is 1.74. The summed E-state index contributed by atoms with van der Waals surface area (Å²) >= 11 is 0. The van der Waals surface area contributed by atoms with Crippen molar-refractivity contribution < 1.29 is 26.6 Å². The zero-order chi connectivity index (χ0) is 9.52. The molecule has 0 aliphatic carbocycles. The summed E-state index contributed by atoms with van der Waals surface area (Å²) in [6.45, 7) is 2.58. The summed E-state index contributed by atoms with van der Waals surface area (Å²) in [5.74, 6) is -0.228. The van der Waals surface area contributed by atoms with E-state index in [0.29, 0.717) is 12.2 Å². The van der Waals surface area contributed by atoms with E-state index in [0.717, 1.165) is 12.8 Å². The van der Waals surface area contributed by atoms with Crippen molar-refractivity contribution in [2.24, 2.45) is 0 Å². The topological polar surface area (TPSA) is 26.3 Å². The Balaban J connectivity index is 0.00000169. The van der Waals surface area contributed by atoms with Gasteiger partial charge >= 0.3 is 5.97 Å². The molecule has 1 aromatic carbocycles. The van der Waals surface area contributed by atoms with Crippen LogP contribution in [0.1, 0.15) is 30.1 Å². The van der Waals surface area contributed by atoms with E-state index >= 15 is 0 Å². The molecule has 0 aliphatic rings. The molecule has 0 heterocycles. The molecule has 3 heteroatoms. The fourth-order valence-corrected chi connectivity index (χ4v) is 0.967. The Morgan fingerprint density at radius 2 is 1.93 bits per heavy atom. The zero-order valence-electron chi connectivity index (χ0n) is 8.13. The van der Waals surface area contributed by atoms with Gasteiger partial charge in [-0.15, -0.1) is 0 Å². The van der Waals surface area contributed by atoms with Crippen LogP contribution in [0, 0.1) is 0 Å². The Morgan fingerprint density at radius 1 is 1.29 bits per heavy atom. The van der Waals surface area contributed by atoms with Gasteiger partial charge in [-0.3, -0.25) is 0 Å². The molecule has 0 fully saturated rings. The minimum atomic E-state index is -0.228. The van der Waals surface area contributed by atoms with Crippen LogP contribution in [0.4, 0.5) is 0 Å². The first kappa shape index (κ1) is 13.2. The number of hydrogen-bond acceptors (Lipinski definition) is 2. The van der Waals surface area contributed by atoms with Crippen LogP contribution in [-0.2, 0) is 21.8 Å². The molecule has 0 bridgehead atoms. The van der Waals surface area contributed by atoms with Crippen molar-refractivity contribution in [2.75, 3.05) is 6.61 Å². The maximum atomic E-state index is 11.3. The Labute approximate surface area is 95.1 Å². The van der Waals surface area contributed by atoms with E-state index in [1.165, 1.54) is 0 Å². The number of esters is 1. The fourth-order valence-electron chi connectivity index (χ4n) is 0.967. The van der Waals surface area contributed by atoms with Crippen LogP contribution in [0.2, 0.25) is 0 Å². The zero-order valence-corrected chi connectivity index (χ0v) is 9.07. The van der Waals surface area contributed by atoms with Gasteiger partial charge < -0.3 is 4.74 Å². The molecule has 0 N–H and O–H groups in total. The van der Waals surface area contributed by atoms with Crippen LogP contribution in [-0.4, -0.2) is 12.6 Å². The maximum Gasteiger partial charge on any atom is 0.338 e. The summed E-state index contributed by atoms with van der Waals surface area (Å²) < 4.78 is 5.03. The molecular formula is C11H14CuO2. The number of unbranched alkanes of at least 4 members (excludes halogenated alkanes) is 1. The Morgan fingerprint density at radius 3 is 2.50 bits per heavy atom. The van der Waals surface area contributed by atoms with Crippen molar-refractivity contribution in [1.29, 1.82) is 0 Å². The molecule has 0 aliphatic heterocycles. The average Bonchev–Trinajstić information content (AvgIpc) is 2.19. The van der Waals surface area contributed by atoms with Gasteiger partial charge in [-0.2, -0.15) is 0 Å². The van der Waals surface area contributed by atoms with Crippen LogP contribution >= 0.6 is 0 Å². The van der Waals surface area contributed by atoms with Gasteiger partial charge in [0.25, 0.3) is 0 Å². The predicted octanol–water partition coefficient (Wildman–Crippen LogP) is 2.64. The maximum absolute atomic E-state index is 11.3. The summed E-state index contributed by atoms with van der Waals surface area (Å²) in [5, 5.41) is 0. The van der Waals surface area contributed by atoms with Gasteiger partial charge in [0.15, 0.2) is 0 Å². The third kappa shape index (κ3) is 4.45. The van der Waals surface area contributed by atoms with E-state index in [1.807, 2.05) is 18.2 Å². The summed E-state index contributed by atoms with van der Waals surface area (Å²) in [6, 6.07) is 9.05. The van der Waals surface area contributed by atoms with Crippen molar-refractivity contribution >= 4 is 5.97 Å². The van der Waals surface area contributed by atoms with Gasteiger partial charge in [0.1, 0.15) is 0 Å². The average molecular weight is 242 g/mol. The van der Waals surface area contributed by atoms with Crippen molar-refractivity contribution in [3.05, 3.63) is 35.9 Å². The quantitative estimate of drug-likeness (QED) is 0.460. The summed E-state index contributed by atoms with van der Waals surface area (Å²) in [7, 11) is 0. The predicted molar refractivity (Wildman–Crippen MR) is 51.6 cm³/mol. The first-order valence-electron chi connectivity index (χ1n) is 4.56. The summed E-state index contributed by atoms with van der Waals surface area (Å²) in [5.41, 5.74) is 0.624. The first-order valence-corrected chi connectivity index (χ1v) is 4.56. The monoisotopic (exact) mass is 241 g/mol. The largest absolute Gasteiger partial charge is 0.462 e. The van der Waals surface area contributed by atoms with E-state index in [1.54, 1.807) is 12.1 Å². The van der Waals surface area contributed by atoms with Gasteiger partial charge in [-0.1, -0.05) is 31.5 Å².